The second-order valence-corrected chi connectivity index (χ2v) is 7.66. The second kappa shape index (κ2) is 8.61. The summed E-state index contributed by atoms with van der Waals surface area (Å²) in [6.45, 7) is 2.08. The average molecular weight is 402 g/mol. The number of nitrogens with one attached hydrogen (secondary N) is 2. The molecule has 1 aromatic carbocycles. The predicted octanol–water partition coefficient (Wildman–Crippen LogP) is 4.07. The molecule has 1 aliphatic carbocycles. The first-order valence-electron chi connectivity index (χ1n) is 9.46. The molecule has 0 unspecified atom stereocenters. The fourth-order valence-electron chi connectivity index (χ4n) is 3.63. The number of nitrogens with zero attached hydrogens (tertiary/aromatic N) is 1. The molecule has 7 heteroatoms. The fraction of sp³-hybridized carbons (Fsp3) is 0.381. The van der Waals surface area contributed by atoms with Crippen LogP contribution in [-0.4, -0.2) is 27.4 Å². The van der Waals surface area contributed by atoms with Crippen LogP contribution < -0.4 is 10.6 Å². The third-order valence-corrected chi connectivity index (χ3v) is 5.52. The molecule has 6 nitrogen and oxygen atoms in total. The number of anilines is 1. The smallest absolute Gasteiger partial charge is 0.270 e. The first-order chi connectivity index (χ1) is 13.4. The SMILES string of the molecule is CCC1(NC(=O)c2cc(NC(=O)Cc3cc(Cl)ccc3O)ccn2)CCCC1. The number of rotatable bonds is 6. The molecule has 1 aliphatic rings. The molecule has 2 amide bonds. The summed E-state index contributed by atoms with van der Waals surface area (Å²) < 4.78 is 0. The van der Waals surface area contributed by atoms with E-state index in [0.29, 0.717) is 16.3 Å². The van der Waals surface area contributed by atoms with Gasteiger partial charge in [-0.2, -0.15) is 0 Å². The topological polar surface area (TPSA) is 91.3 Å². The van der Waals surface area contributed by atoms with Crippen LogP contribution in [0.1, 0.15) is 55.1 Å². The Balaban J connectivity index is 1.66. The quantitative estimate of drug-likeness (QED) is 0.680. The molecule has 28 heavy (non-hydrogen) atoms. The Morgan fingerprint density at radius 2 is 1.96 bits per heavy atom. The van der Waals surface area contributed by atoms with E-state index in [1.165, 1.54) is 12.3 Å². The van der Waals surface area contributed by atoms with Crippen LogP contribution in [0.5, 0.6) is 5.75 Å². The molecule has 0 spiro atoms. The maximum Gasteiger partial charge on any atom is 0.270 e. The number of hydrogen-bond acceptors (Lipinski definition) is 4. The highest BCUT2D eigenvalue weighted by Crippen LogP contribution is 2.32. The van der Waals surface area contributed by atoms with Crippen molar-refractivity contribution in [3.05, 3.63) is 52.8 Å². The number of amides is 2. The zero-order valence-corrected chi connectivity index (χ0v) is 16.6. The minimum absolute atomic E-state index is 0.00997. The average Bonchev–Trinajstić information content (AvgIpc) is 3.14. The van der Waals surface area contributed by atoms with Crippen molar-refractivity contribution in [2.75, 3.05) is 5.32 Å². The lowest BCUT2D eigenvalue weighted by Crippen LogP contribution is -2.46. The molecule has 148 valence electrons. The Bertz CT molecular complexity index is 879. The molecule has 0 saturated heterocycles. The maximum absolute atomic E-state index is 12.6. The van der Waals surface area contributed by atoms with Gasteiger partial charge < -0.3 is 15.7 Å². The van der Waals surface area contributed by atoms with Gasteiger partial charge in [-0.05, 0) is 49.6 Å². The lowest BCUT2D eigenvalue weighted by molar-refractivity contribution is -0.115. The summed E-state index contributed by atoms with van der Waals surface area (Å²) >= 11 is 5.91. The fourth-order valence-corrected chi connectivity index (χ4v) is 3.82. The molecule has 2 aromatic rings. The van der Waals surface area contributed by atoms with E-state index in [0.717, 1.165) is 32.1 Å². The number of carbonyl (C=O) groups is 2. The third kappa shape index (κ3) is 4.81. The van der Waals surface area contributed by atoms with Crippen molar-refractivity contribution < 1.29 is 14.7 Å². The summed E-state index contributed by atoms with van der Waals surface area (Å²) in [7, 11) is 0. The Morgan fingerprint density at radius 3 is 2.68 bits per heavy atom. The number of benzene rings is 1. The van der Waals surface area contributed by atoms with Crippen molar-refractivity contribution in [3.63, 3.8) is 0 Å². The van der Waals surface area contributed by atoms with Crippen LogP contribution in [0.15, 0.2) is 36.5 Å². The van der Waals surface area contributed by atoms with E-state index in [-0.39, 0.29) is 35.2 Å². The molecule has 3 rings (SSSR count). The van der Waals surface area contributed by atoms with Crippen LogP contribution in [0, 0.1) is 0 Å². The van der Waals surface area contributed by atoms with Gasteiger partial charge in [-0.15, -0.1) is 0 Å². The van der Waals surface area contributed by atoms with E-state index >= 15 is 0 Å². The number of phenols is 1. The van der Waals surface area contributed by atoms with Crippen molar-refractivity contribution in [2.24, 2.45) is 0 Å². The molecule has 0 radical (unpaired) electrons. The standard InChI is InChI=1S/C21H24ClN3O3/c1-2-21(8-3-4-9-21)25-20(28)17-13-16(7-10-23-17)24-19(27)12-14-11-15(22)5-6-18(14)26/h5-7,10-11,13,26H,2-4,8-9,12H2,1H3,(H,25,28)(H,23,24,27). The largest absolute Gasteiger partial charge is 0.508 e. The van der Waals surface area contributed by atoms with Crippen LogP contribution in [-0.2, 0) is 11.2 Å². The number of pyridine rings is 1. The van der Waals surface area contributed by atoms with Crippen LogP contribution in [0.2, 0.25) is 5.02 Å². The zero-order valence-electron chi connectivity index (χ0n) is 15.8. The highest BCUT2D eigenvalue weighted by Gasteiger charge is 2.33. The number of hydrogen-bond donors (Lipinski definition) is 3. The number of aromatic nitrogens is 1. The van der Waals surface area contributed by atoms with E-state index in [1.807, 2.05) is 0 Å². The van der Waals surface area contributed by atoms with Crippen LogP contribution in [0.25, 0.3) is 0 Å². The molecular weight excluding hydrogens is 378 g/mol. The van der Waals surface area contributed by atoms with Crippen molar-refractivity contribution in [1.82, 2.24) is 10.3 Å². The monoisotopic (exact) mass is 401 g/mol. The lowest BCUT2D eigenvalue weighted by atomic mass is 9.94. The van der Waals surface area contributed by atoms with Gasteiger partial charge in [0.2, 0.25) is 5.91 Å². The van der Waals surface area contributed by atoms with Gasteiger partial charge >= 0.3 is 0 Å². The predicted molar refractivity (Wildman–Crippen MR) is 109 cm³/mol. The van der Waals surface area contributed by atoms with Gasteiger partial charge in [-0.1, -0.05) is 31.4 Å². The van der Waals surface area contributed by atoms with E-state index in [9.17, 15) is 14.7 Å². The Hall–Kier alpha value is -2.60. The molecule has 0 bridgehead atoms. The zero-order chi connectivity index (χ0) is 20.1. The summed E-state index contributed by atoms with van der Waals surface area (Å²) in [5.41, 5.74) is 1.03. The summed E-state index contributed by atoms with van der Waals surface area (Å²) in [6, 6.07) is 7.74. The van der Waals surface area contributed by atoms with E-state index < -0.39 is 0 Å². The van der Waals surface area contributed by atoms with Crippen molar-refractivity contribution >= 4 is 29.1 Å². The van der Waals surface area contributed by atoms with Gasteiger partial charge in [0.25, 0.3) is 5.91 Å². The number of halogens is 1. The molecular formula is C21H24ClN3O3. The van der Waals surface area contributed by atoms with Crippen molar-refractivity contribution in [1.29, 1.82) is 0 Å². The maximum atomic E-state index is 12.6. The van der Waals surface area contributed by atoms with Gasteiger partial charge in [0, 0.05) is 28.0 Å². The number of aromatic hydroxyl groups is 1. The normalized spacial score (nSPS) is 15.2. The molecule has 0 aliphatic heterocycles. The highest BCUT2D eigenvalue weighted by molar-refractivity contribution is 6.30. The Morgan fingerprint density at radius 1 is 1.21 bits per heavy atom. The molecule has 1 fully saturated rings. The number of phenolic OH excluding ortho intramolecular Hbond substituents is 1. The molecule has 1 aromatic heterocycles. The van der Waals surface area contributed by atoms with Crippen molar-refractivity contribution in [3.8, 4) is 5.75 Å². The minimum atomic E-state index is -0.323. The van der Waals surface area contributed by atoms with Crippen molar-refractivity contribution in [2.45, 2.75) is 51.0 Å². The highest BCUT2D eigenvalue weighted by atomic mass is 35.5. The summed E-state index contributed by atoms with van der Waals surface area (Å²) in [4.78, 5) is 29.1. The number of carbonyl (C=O) groups excluding carboxylic acids is 2. The summed E-state index contributed by atoms with van der Waals surface area (Å²) in [5, 5.41) is 16.2. The molecule has 3 N–H and O–H groups in total. The summed E-state index contributed by atoms with van der Waals surface area (Å²) in [6.07, 6.45) is 6.55. The van der Waals surface area contributed by atoms with Gasteiger partial charge in [-0.3, -0.25) is 14.6 Å². The van der Waals surface area contributed by atoms with E-state index in [2.05, 4.69) is 22.5 Å². The van der Waals surface area contributed by atoms with Gasteiger partial charge in [0.15, 0.2) is 0 Å². The van der Waals surface area contributed by atoms with E-state index in [1.54, 1.807) is 24.3 Å². The third-order valence-electron chi connectivity index (χ3n) is 5.29. The van der Waals surface area contributed by atoms with Crippen LogP contribution in [0.4, 0.5) is 5.69 Å². The first-order valence-corrected chi connectivity index (χ1v) is 9.84. The molecule has 0 atom stereocenters. The van der Waals surface area contributed by atoms with Gasteiger partial charge in [0.1, 0.15) is 11.4 Å². The molecule has 1 heterocycles. The van der Waals surface area contributed by atoms with Gasteiger partial charge in [-0.25, -0.2) is 0 Å². The van der Waals surface area contributed by atoms with Gasteiger partial charge in [0.05, 0.1) is 6.42 Å². The first kappa shape index (κ1) is 20.1. The second-order valence-electron chi connectivity index (χ2n) is 7.22. The minimum Gasteiger partial charge on any atom is -0.508 e. The lowest BCUT2D eigenvalue weighted by Gasteiger charge is -2.28. The van der Waals surface area contributed by atoms with Crippen LogP contribution in [0.3, 0.4) is 0 Å². The Labute approximate surface area is 169 Å². The van der Waals surface area contributed by atoms with Crippen LogP contribution >= 0.6 is 11.6 Å². The Kier molecular flexibility index (Phi) is 6.19. The summed E-state index contributed by atoms with van der Waals surface area (Å²) in [5.74, 6) is -0.543. The van der Waals surface area contributed by atoms with E-state index in [4.69, 9.17) is 11.6 Å². The molecule has 1 saturated carbocycles.